The van der Waals surface area contributed by atoms with E-state index >= 15 is 0 Å². The summed E-state index contributed by atoms with van der Waals surface area (Å²) in [6.07, 6.45) is 3.56. The lowest BCUT2D eigenvalue weighted by Gasteiger charge is -2.33. The van der Waals surface area contributed by atoms with Crippen LogP contribution in [0.4, 0.5) is 0 Å². The molecule has 0 saturated heterocycles. The van der Waals surface area contributed by atoms with Crippen LogP contribution in [0, 0.1) is 11.8 Å². The Morgan fingerprint density at radius 2 is 2.00 bits per heavy atom. The van der Waals surface area contributed by atoms with Gasteiger partial charge in [0, 0.05) is 5.92 Å². The molecule has 1 atom stereocenters. The Kier molecular flexibility index (Phi) is 3.94. The minimum atomic E-state index is -0.902. The number of nitrogens with one attached hydrogen (secondary N) is 1. The van der Waals surface area contributed by atoms with Gasteiger partial charge < -0.3 is 11.1 Å². The molecule has 2 amide bonds. The van der Waals surface area contributed by atoms with Gasteiger partial charge in [-0.3, -0.25) is 9.59 Å². The summed E-state index contributed by atoms with van der Waals surface area (Å²) in [5, 5.41) is 2.81. The van der Waals surface area contributed by atoms with Gasteiger partial charge in [0.1, 0.15) is 5.54 Å². The molecule has 1 aliphatic carbocycles. The second-order valence-electron chi connectivity index (χ2n) is 5.41. The lowest BCUT2D eigenvalue weighted by molar-refractivity contribution is -0.135. The number of amides is 2. The standard InChI is InChI=1S/C12H22N2O2/c1-8(2)7-12(3,11(13)16)14-10(15)9-5-4-6-9/h8-9H,4-7H2,1-3H3,(H2,13,16)(H,14,15). The summed E-state index contributed by atoms with van der Waals surface area (Å²) in [6, 6.07) is 0. The molecule has 0 aliphatic heterocycles. The maximum absolute atomic E-state index is 11.8. The lowest BCUT2D eigenvalue weighted by Crippen LogP contribution is -2.57. The second kappa shape index (κ2) is 4.85. The van der Waals surface area contributed by atoms with Gasteiger partial charge in [-0.05, 0) is 32.1 Å². The van der Waals surface area contributed by atoms with Crippen LogP contribution < -0.4 is 11.1 Å². The van der Waals surface area contributed by atoms with Crippen LogP contribution in [0.2, 0.25) is 0 Å². The van der Waals surface area contributed by atoms with Crippen molar-refractivity contribution >= 4 is 11.8 Å². The van der Waals surface area contributed by atoms with Crippen molar-refractivity contribution in [1.82, 2.24) is 5.32 Å². The normalized spacial score (nSPS) is 20.0. The number of rotatable bonds is 5. The van der Waals surface area contributed by atoms with Crippen molar-refractivity contribution in [2.24, 2.45) is 17.6 Å². The van der Waals surface area contributed by atoms with Crippen LogP contribution in [0.15, 0.2) is 0 Å². The van der Waals surface area contributed by atoms with E-state index in [0.29, 0.717) is 12.3 Å². The molecule has 92 valence electrons. The number of hydrogen-bond acceptors (Lipinski definition) is 2. The summed E-state index contributed by atoms with van der Waals surface area (Å²) in [7, 11) is 0. The fourth-order valence-corrected chi connectivity index (χ4v) is 2.07. The third-order valence-electron chi connectivity index (χ3n) is 3.24. The Morgan fingerprint density at radius 1 is 1.44 bits per heavy atom. The highest BCUT2D eigenvalue weighted by Gasteiger charge is 2.36. The minimum Gasteiger partial charge on any atom is -0.368 e. The molecule has 3 N–H and O–H groups in total. The summed E-state index contributed by atoms with van der Waals surface area (Å²) >= 11 is 0. The van der Waals surface area contributed by atoms with Crippen LogP contribution in [-0.4, -0.2) is 17.4 Å². The fourth-order valence-electron chi connectivity index (χ4n) is 2.07. The second-order valence-corrected chi connectivity index (χ2v) is 5.41. The van der Waals surface area contributed by atoms with E-state index in [4.69, 9.17) is 5.73 Å². The Labute approximate surface area is 97.0 Å². The third kappa shape index (κ3) is 2.97. The van der Waals surface area contributed by atoms with Crippen molar-refractivity contribution < 1.29 is 9.59 Å². The van der Waals surface area contributed by atoms with Crippen molar-refractivity contribution in [2.45, 2.75) is 52.0 Å². The molecule has 1 aliphatic rings. The molecule has 0 aromatic heterocycles. The van der Waals surface area contributed by atoms with Gasteiger partial charge in [-0.1, -0.05) is 20.3 Å². The summed E-state index contributed by atoms with van der Waals surface area (Å²) in [5.74, 6) is -0.0629. The first-order valence-electron chi connectivity index (χ1n) is 5.97. The van der Waals surface area contributed by atoms with Crippen LogP contribution in [0.5, 0.6) is 0 Å². The Balaban J connectivity index is 2.62. The van der Waals surface area contributed by atoms with E-state index in [2.05, 4.69) is 5.32 Å². The van der Waals surface area contributed by atoms with Crippen LogP contribution in [0.25, 0.3) is 0 Å². The molecule has 1 saturated carbocycles. The molecule has 0 radical (unpaired) electrons. The molecule has 1 rings (SSSR count). The van der Waals surface area contributed by atoms with Crippen molar-refractivity contribution in [1.29, 1.82) is 0 Å². The summed E-state index contributed by atoms with van der Waals surface area (Å²) in [6.45, 7) is 5.74. The number of carbonyl (C=O) groups is 2. The fraction of sp³-hybridized carbons (Fsp3) is 0.833. The van der Waals surface area contributed by atoms with Gasteiger partial charge in [0.05, 0.1) is 0 Å². The van der Waals surface area contributed by atoms with Crippen molar-refractivity contribution in [3.05, 3.63) is 0 Å². The molecule has 0 spiro atoms. The summed E-state index contributed by atoms with van der Waals surface area (Å²) in [4.78, 5) is 23.2. The molecular formula is C12H22N2O2. The molecule has 0 aromatic carbocycles. The van der Waals surface area contributed by atoms with Gasteiger partial charge in [-0.2, -0.15) is 0 Å². The number of carbonyl (C=O) groups excluding carboxylic acids is 2. The zero-order chi connectivity index (χ0) is 12.3. The number of hydrogen-bond donors (Lipinski definition) is 2. The topological polar surface area (TPSA) is 72.2 Å². The zero-order valence-electron chi connectivity index (χ0n) is 10.4. The highest BCUT2D eigenvalue weighted by Crippen LogP contribution is 2.27. The molecule has 4 heteroatoms. The summed E-state index contributed by atoms with van der Waals surface area (Å²) in [5.41, 5.74) is 4.47. The van der Waals surface area contributed by atoms with Gasteiger partial charge >= 0.3 is 0 Å². The molecule has 1 unspecified atom stereocenters. The number of primary amides is 1. The van der Waals surface area contributed by atoms with Gasteiger partial charge in [0.25, 0.3) is 0 Å². The predicted octanol–water partition coefficient (Wildman–Crippen LogP) is 1.19. The minimum absolute atomic E-state index is 0.0202. The Bertz CT molecular complexity index is 285. The molecule has 0 heterocycles. The maximum Gasteiger partial charge on any atom is 0.242 e. The highest BCUT2D eigenvalue weighted by atomic mass is 16.2. The van der Waals surface area contributed by atoms with E-state index in [9.17, 15) is 9.59 Å². The van der Waals surface area contributed by atoms with Gasteiger partial charge in [0.2, 0.25) is 11.8 Å². The van der Waals surface area contributed by atoms with E-state index in [1.54, 1.807) is 6.92 Å². The van der Waals surface area contributed by atoms with Gasteiger partial charge in [-0.15, -0.1) is 0 Å². The van der Waals surface area contributed by atoms with Crippen molar-refractivity contribution in [3.63, 3.8) is 0 Å². The van der Waals surface area contributed by atoms with E-state index in [1.165, 1.54) is 0 Å². The Hall–Kier alpha value is -1.06. The molecule has 0 bridgehead atoms. The molecule has 0 aromatic rings. The first-order valence-corrected chi connectivity index (χ1v) is 5.97. The molecular weight excluding hydrogens is 204 g/mol. The van der Waals surface area contributed by atoms with Gasteiger partial charge in [0.15, 0.2) is 0 Å². The molecule has 1 fully saturated rings. The van der Waals surface area contributed by atoms with E-state index in [-0.39, 0.29) is 11.8 Å². The van der Waals surface area contributed by atoms with E-state index in [1.807, 2.05) is 13.8 Å². The van der Waals surface area contributed by atoms with Crippen LogP contribution in [0.1, 0.15) is 46.5 Å². The average Bonchev–Trinajstić information content (AvgIpc) is 1.97. The Morgan fingerprint density at radius 3 is 2.31 bits per heavy atom. The smallest absolute Gasteiger partial charge is 0.242 e. The molecule has 16 heavy (non-hydrogen) atoms. The van der Waals surface area contributed by atoms with Crippen LogP contribution in [-0.2, 0) is 9.59 Å². The quantitative estimate of drug-likeness (QED) is 0.739. The largest absolute Gasteiger partial charge is 0.368 e. The van der Waals surface area contributed by atoms with Gasteiger partial charge in [-0.25, -0.2) is 0 Å². The van der Waals surface area contributed by atoms with E-state index < -0.39 is 11.4 Å². The maximum atomic E-state index is 11.8. The predicted molar refractivity (Wildman–Crippen MR) is 62.5 cm³/mol. The SMILES string of the molecule is CC(C)CC(C)(NC(=O)C1CCC1)C(N)=O. The first kappa shape index (κ1) is 13.0. The van der Waals surface area contributed by atoms with Crippen molar-refractivity contribution in [3.8, 4) is 0 Å². The van der Waals surface area contributed by atoms with E-state index in [0.717, 1.165) is 19.3 Å². The zero-order valence-corrected chi connectivity index (χ0v) is 10.4. The lowest BCUT2D eigenvalue weighted by atomic mass is 9.83. The number of nitrogens with two attached hydrogens (primary N) is 1. The average molecular weight is 226 g/mol. The van der Waals surface area contributed by atoms with Crippen molar-refractivity contribution in [2.75, 3.05) is 0 Å². The third-order valence-corrected chi connectivity index (χ3v) is 3.24. The summed E-state index contributed by atoms with van der Waals surface area (Å²) < 4.78 is 0. The highest BCUT2D eigenvalue weighted by molar-refractivity contribution is 5.91. The first-order chi connectivity index (χ1) is 7.35. The molecule has 4 nitrogen and oxygen atoms in total. The monoisotopic (exact) mass is 226 g/mol. The van der Waals surface area contributed by atoms with Crippen LogP contribution in [0.3, 0.4) is 0 Å². The van der Waals surface area contributed by atoms with Crippen LogP contribution >= 0.6 is 0 Å².